The number of halogens is 8. The third kappa shape index (κ3) is 4.92. The number of nitrogens with zero attached hydrogens (tertiary/aromatic N) is 1. The van der Waals surface area contributed by atoms with E-state index in [0.29, 0.717) is 19.2 Å². The maximum absolute atomic E-state index is 13.6. The van der Waals surface area contributed by atoms with E-state index in [0.717, 1.165) is 7.11 Å². The van der Waals surface area contributed by atoms with Crippen LogP contribution in [0.2, 0.25) is 0 Å². The van der Waals surface area contributed by atoms with E-state index >= 15 is 0 Å². The van der Waals surface area contributed by atoms with E-state index in [1.54, 1.807) is 0 Å². The Morgan fingerprint density at radius 3 is 2.08 bits per heavy atom. The van der Waals surface area contributed by atoms with Crippen molar-refractivity contribution in [3.8, 4) is 5.75 Å². The molecule has 3 nitrogen and oxygen atoms in total. The van der Waals surface area contributed by atoms with Gasteiger partial charge in [0, 0.05) is 31.7 Å². The molecule has 0 amide bonds. The molecule has 0 spiro atoms. The average Bonchev–Trinajstić information content (AvgIpc) is 2.54. The Hall–Kier alpha value is -1.26. The number of alkyl halides is 7. The number of ether oxygens (including phenoxy) is 1. The second-order valence-corrected chi connectivity index (χ2v) is 5.59. The lowest BCUT2D eigenvalue weighted by Crippen LogP contribution is -2.46. The van der Waals surface area contributed by atoms with Gasteiger partial charge in [-0.1, -0.05) is 0 Å². The summed E-state index contributed by atoms with van der Waals surface area (Å²) >= 11 is 0. The van der Waals surface area contributed by atoms with Crippen molar-refractivity contribution in [1.29, 1.82) is 0 Å². The van der Waals surface area contributed by atoms with Gasteiger partial charge >= 0.3 is 12.4 Å². The van der Waals surface area contributed by atoms with Gasteiger partial charge in [0.15, 0.2) is 0 Å². The summed E-state index contributed by atoms with van der Waals surface area (Å²) in [6.07, 6.45) is -10.1. The normalized spacial score (nSPS) is 17.5. The van der Waals surface area contributed by atoms with Crippen molar-refractivity contribution in [1.82, 2.24) is 10.2 Å². The Morgan fingerprint density at radius 1 is 1.08 bits per heavy atom. The first-order valence-corrected chi connectivity index (χ1v) is 7.46. The van der Waals surface area contributed by atoms with Crippen LogP contribution in [-0.4, -0.2) is 44.9 Å². The van der Waals surface area contributed by atoms with E-state index in [2.05, 4.69) is 5.32 Å². The molecule has 0 aromatic heterocycles. The molecule has 1 heterocycles. The molecule has 1 aromatic rings. The Bertz CT molecular complexity index is 601. The van der Waals surface area contributed by atoms with Crippen LogP contribution in [0.1, 0.15) is 22.7 Å². The Kier molecular flexibility index (Phi) is 7.55. The van der Waals surface area contributed by atoms with Crippen molar-refractivity contribution in [3.63, 3.8) is 0 Å². The van der Waals surface area contributed by atoms with Gasteiger partial charge in [0.25, 0.3) is 0 Å². The predicted molar refractivity (Wildman–Crippen MR) is 83.4 cm³/mol. The lowest BCUT2D eigenvalue weighted by atomic mass is 9.95. The van der Waals surface area contributed by atoms with Crippen LogP contribution in [0, 0.1) is 0 Å². The van der Waals surface area contributed by atoms with Gasteiger partial charge in [-0.3, -0.25) is 4.90 Å². The summed E-state index contributed by atoms with van der Waals surface area (Å²) in [7, 11) is 0.964. The van der Waals surface area contributed by atoms with Gasteiger partial charge in [0.1, 0.15) is 12.4 Å². The highest BCUT2D eigenvalue weighted by Crippen LogP contribution is 2.45. The van der Waals surface area contributed by atoms with Crippen molar-refractivity contribution < 1.29 is 35.5 Å². The summed E-state index contributed by atoms with van der Waals surface area (Å²) in [5, 5.41) is 2.98. The fourth-order valence-electron chi connectivity index (χ4n) is 2.89. The van der Waals surface area contributed by atoms with Gasteiger partial charge in [0.2, 0.25) is 0 Å². The molecule has 1 aliphatic heterocycles. The van der Waals surface area contributed by atoms with Crippen LogP contribution >= 0.6 is 12.4 Å². The standard InChI is InChI=1S/C15H17F7N2O.ClH/c1-25-12-7-9(14(17,18)19)6-10(15(20,21)22)13(12)11(8-16)24-4-2-23-3-5-24;/h6-7,11,23H,2-5,8H2,1H3;1H/t11-;/m1./s1. The fraction of sp³-hybridized carbons (Fsp3) is 0.600. The molecule has 2 rings (SSSR count). The first-order valence-electron chi connectivity index (χ1n) is 7.46. The molecule has 1 N–H and O–H groups in total. The summed E-state index contributed by atoms with van der Waals surface area (Å²) in [5.41, 5.74) is -3.62. The molecule has 0 saturated carbocycles. The molecule has 1 aromatic carbocycles. The van der Waals surface area contributed by atoms with Crippen molar-refractivity contribution in [2.75, 3.05) is 40.0 Å². The zero-order valence-electron chi connectivity index (χ0n) is 13.7. The maximum Gasteiger partial charge on any atom is 0.416 e. The van der Waals surface area contributed by atoms with E-state index in [-0.39, 0.29) is 31.6 Å². The smallest absolute Gasteiger partial charge is 0.416 e. The number of nitrogens with one attached hydrogen (secondary N) is 1. The Labute approximate surface area is 151 Å². The summed E-state index contributed by atoms with van der Waals surface area (Å²) in [5.74, 6) is -0.622. The lowest BCUT2D eigenvalue weighted by molar-refractivity contribution is -0.144. The minimum Gasteiger partial charge on any atom is -0.496 e. The largest absolute Gasteiger partial charge is 0.496 e. The summed E-state index contributed by atoms with van der Waals surface area (Å²) in [6, 6.07) is -0.839. The number of methoxy groups -OCH3 is 1. The molecule has 1 fully saturated rings. The van der Waals surface area contributed by atoms with Gasteiger partial charge in [0.05, 0.1) is 24.3 Å². The zero-order valence-corrected chi connectivity index (χ0v) is 14.5. The van der Waals surface area contributed by atoms with Crippen molar-refractivity contribution in [3.05, 3.63) is 28.8 Å². The van der Waals surface area contributed by atoms with Crippen LogP contribution in [0.25, 0.3) is 0 Å². The number of rotatable bonds is 4. The Morgan fingerprint density at radius 2 is 1.65 bits per heavy atom. The Balaban J connectivity index is 0.00000338. The molecular weight excluding hydrogens is 393 g/mol. The highest BCUT2D eigenvalue weighted by atomic mass is 35.5. The second-order valence-electron chi connectivity index (χ2n) is 5.59. The minimum absolute atomic E-state index is 0. The minimum atomic E-state index is -5.08. The van der Waals surface area contributed by atoms with Gasteiger partial charge in [-0.2, -0.15) is 26.3 Å². The van der Waals surface area contributed by atoms with Crippen LogP contribution in [0.3, 0.4) is 0 Å². The molecule has 1 aliphatic rings. The SMILES string of the molecule is COc1cc(C(F)(F)F)cc(C(F)(F)F)c1[C@@H](CF)N1CCNCC1.Cl. The topological polar surface area (TPSA) is 24.5 Å². The van der Waals surface area contributed by atoms with E-state index in [4.69, 9.17) is 4.74 Å². The summed E-state index contributed by atoms with van der Waals surface area (Å²) < 4.78 is 97.5. The maximum atomic E-state index is 13.6. The van der Waals surface area contributed by atoms with E-state index in [9.17, 15) is 30.7 Å². The van der Waals surface area contributed by atoms with Crippen LogP contribution in [0.4, 0.5) is 30.7 Å². The highest BCUT2D eigenvalue weighted by Gasteiger charge is 2.42. The first kappa shape index (κ1) is 22.8. The number of hydrogen-bond acceptors (Lipinski definition) is 3. The fourth-order valence-corrected chi connectivity index (χ4v) is 2.89. The molecular formula is C15H18ClF7N2O. The monoisotopic (exact) mass is 410 g/mol. The van der Waals surface area contributed by atoms with Crippen LogP contribution in [0.15, 0.2) is 12.1 Å². The van der Waals surface area contributed by atoms with E-state index < -0.39 is 47.5 Å². The molecule has 26 heavy (non-hydrogen) atoms. The van der Waals surface area contributed by atoms with Crippen molar-refractivity contribution in [2.24, 2.45) is 0 Å². The van der Waals surface area contributed by atoms with Crippen molar-refractivity contribution in [2.45, 2.75) is 18.4 Å². The molecule has 11 heteroatoms. The van der Waals surface area contributed by atoms with Crippen LogP contribution in [0.5, 0.6) is 5.75 Å². The molecule has 150 valence electrons. The van der Waals surface area contributed by atoms with E-state index in [1.807, 2.05) is 0 Å². The first-order chi connectivity index (χ1) is 11.6. The number of piperazine rings is 1. The lowest BCUT2D eigenvalue weighted by Gasteiger charge is -2.35. The molecule has 0 radical (unpaired) electrons. The molecule has 0 bridgehead atoms. The van der Waals surface area contributed by atoms with Gasteiger partial charge in [-0.25, -0.2) is 4.39 Å². The second kappa shape index (κ2) is 8.62. The third-order valence-corrected chi connectivity index (χ3v) is 4.07. The van der Waals surface area contributed by atoms with Gasteiger partial charge < -0.3 is 10.1 Å². The third-order valence-electron chi connectivity index (χ3n) is 4.07. The van der Waals surface area contributed by atoms with E-state index in [1.165, 1.54) is 4.90 Å². The number of benzene rings is 1. The molecule has 1 atom stereocenters. The summed E-state index contributed by atoms with van der Waals surface area (Å²) in [6.45, 7) is 0.262. The van der Waals surface area contributed by atoms with Crippen LogP contribution in [-0.2, 0) is 12.4 Å². The average molecular weight is 411 g/mol. The molecule has 1 saturated heterocycles. The predicted octanol–water partition coefficient (Wildman–Crippen LogP) is 4.07. The molecule has 0 unspecified atom stereocenters. The van der Waals surface area contributed by atoms with Crippen molar-refractivity contribution >= 4 is 12.4 Å². The van der Waals surface area contributed by atoms with Gasteiger partial charge in [-0.05, 0) is 12.1 Å². The highest BCUT2D eigenvalue weighted by molar-refractivity contribution is 5.85. The summed E-state index contributed by atoms with van der Waals surface area (Å²) in [4.78, 5) is 1.47. The molecule has 0 aliphatic carbocycles. The quantitative estimate of drug-likeness (QED) is 0.757. The zero-order chi connectivity index (χ0) is 18.8. The van der Waals surface area contributed by atoms with Gasteiger partial charge in [-0.15, -0.1) is 12.4 Å². The van der Waals surface area contributed by atoms with Crippen LogP contribution < -0.4 is 10.1 Å². The number of hydrogen-bond donors (Lipinski definition) is 1.